The fourth-order valence-corrected chi connectivity index (χ4v) is 5.40. The average molecular weight is 549 g/mol. The van der Waals surface area contributed by atoms with Crippen molar-refractivity contribution in [1.82, 2.24) is 4.90 Å². The molecule has 6 nitrogen and oxygen atoms in total. The quantitative estimate of drug-likeness (QED) is 0.241. The number of carbonyl (C=O) groups excluding carboxylic acids is 1. The molecular weight excluding hydrogens is 520 g/mol. The van der Waals surface area contributed by atoms with Crippen molar-refractivity contribution in [2.24, 2.45) is 0 Å². The van der Waals surface area contributed by atoms with E-state index in [1.165, 1.54) is 4.31 Å². The first kappa shape index (κ1) is 27.2. The minimum absolute atomic E-state index is 0.121. The van der Waals surface area contributed by atoms with E-state index in [2.05, 4.69) is 0 Å². The van der Waals surface area contributed by atoms with E-state index >= 15 is 0 Å². The summed E-state index contributed by atoms with van der Waals surface area (Å²) in [6, 6.07) is 30.2. The molecule has 0 atom stereocenters. The second-order valence-corrected chi connectivity index (χ2v) is 11.3. The van der Waals surface area contributed by atoms with E-state index < -0.39 is 10.0 Å². The monoisotopic (exact) mass is 548 g/mol. The van der Waals surface area contributed by atoms with E-state index in [0.717, 1.165) is 16.7 Å². The van der Waals surface area contributed by atoms with Gasteiger partial charge in [-0.1, -0.05) is 71.8 Å². The summed E-state index contributed by atoms with van der Waals surface area (Å²) in [5.41, 5.74) is 3.26. The molecule has 0 saturated carbocycles. The molecule has 0 spiro atoms. The number of likely N-dealkylation sites (N-methyl/N-ethyl adjacent to an activating group) is 1. The maximum absolute atomic E-state index is 13.7. The fourth-order valence-electron chi connectivity index (χ4n) is 3.82. The Morgan fingerprint density at radius 2 is 1.39 bits per heavy atom. The Morgan fingerprint density at radius 1 is 0.789 bits per heavy atom. The number of amides is 1. The number of hydrogen-bond donors (Lipinski definition) is 0. The highest BCUT2D eigenvalue weighted by atomic mass is 35.5. The molecule has 196 valence electrons. The molecule has 0 bridgehead atoms. The normalized spacial score (nSPS) is 11.1. The van der Waals surface area contributed by atoms with Gasteiger partial charge in [0.2, 0.25) is 0 Å². The topological polar surface area (TPSA) is 66.9 Å². The van der Waals surface area contributed by atoms with Crippen molar-refractivity contribution in [3.63, 3.8) is 0 Å². The molecule has 0 fully saturated rings. The van der Waals surface area contributed by atoms with Crippen molar-refractivity contribution in [3.8, 4) is 5.75 Å². The van der Waals surface area contributed by atoms with Crippen LogP contribution >= 0.6 is 11.6 Å². The molecule has 0 unspecified atom stereocenters. The van der Waals surface area contributed by atoms with E-state index in [0.29, 0.717) is 23.0 Å². The van der Waals surface area contributed by atoms with Crippen LogP contribution in [0.3, 0.4) is 0 Å². The van der Waals surface area contributed by atoms with Crippen molar-refractivity contribution >= 4 is 33.2 Å². The third-order valence-electron chi connectivity index (χ3n) is 6.02. The standard InChI is InChI=1S/C30H29ClN2O4S/c1-23-8-18-29(19-9-23)38(35,36)33(21-25-10-12-26(31)13-11-25)27-14-16-28(17-15-27)37-22-30(34)32(2)20-24-6-4-3-5-7-24/h3-19H,20-22H2,1-2H3. The third-order valence-corrected chi connectivity index (χ3v) is 8.06. The second-order valence-electron chi connectivity index (χ2n) is 8.97. The summed E-state index contributed by atoms with van der Waals surface area (Å²) >= 11 is 6.02. The van der Waals surface area contributed by atoms with Crippen LogP contribution in [-0.2, 0) is 27.9 Å². The summed E-state index contributed by atoms with van der Waals surface area (Å²) in [5, 5.41) is 0.576. The van der Waals surface area contributed by atoms with Crippen molar-refractivity contribution in [1.29, 1.82) is 0 Å². The van der Waals surface area contributed by atoms with Crippen LogP contribution in [0.15, 0.2) is 108 Å². The van der Waals surface area contributed by atoms with Gasteiger partial charge in [0, 0.05) is 18.6 Å². The van der Waals surface area contributed by atoms with Crippen LogP contribution in [-0.4, -0.2) is 32.9 Å². The van der Waals surface area contributed by atoms with Gasteiger partial charge in [-0.3, -0.25) is 9.10 Å². The Labute approximate surface area is 229 Å². The number of benzene rings is 4. The van der Waals surface area contributed by atoms with Gasteiger partial charge in [-0.2, -0.15) is 0 Å². The number of nitrogens with zero attached hydrogens (tertiary/aromatic N) is 2. The molecule has 4 aromatic carbocycles. The van der Waals surface area contributed by atoms with Gasteiger partial charge in [0.05, 0.1) is 17.1 Å². The van der Waals surface area contributed by atoms with Crippen molar-refractivity contribution < 1.29 is 17.9 Å². The molecule has 0 N–H and O–H groups in total. The van der Waals surface area contributed by atoms with Crippen LogP contribution < -0.4 is 9.04 Å². The van der Waals surface area contributed by atoms with Crippen molar-refractivity contribution in [2.75, 3.05) is 18.0 Å². The smallest absolute Gasteiger partial charge is 0.264 e. The van der Waals surface area contributed by atoms with E-state index in [-0.39, 0.29) is 24.0 Å². The number of hydrogen-bond acceptors (Lipinski definition) is 4. The van der Waals surface area contributed by atoms with Gasteiger partial charge in [-0.05, 0) is 66.6 Å². The molecule has 8 heteroatoms. The maximum Gasteiger partial charge on any atom is 0.264 e. The lowest BCUT2D eigenvalue weighted by Crippen LogP contribution is -2.31. The predicted molar refractivity (Wildman–Crippen MR) is 151 cm³/mol. The van der Waals surface area contributed by atoms with Crippen LogP contribution in [0.5, 0.6) is 5.75 Å². The summed E-state index contributed by atoms with van der Waals surface area (Å²) in [5.74, 6) is 0.304. The van der Waals surface area contributed by atoms with Gasteiger partial charge in [-0.25, -0.2) is 8.42 Å². The third kappa shape index (κ3) is 6.94. The van der Waals surface area contributed by atoms with Crippen LogP contribution in [0, 0.1) is 6.92 Å². The maximum atomic E-state index is 13.7. The number of halogens is 1. The minimum Gasteiger partial charge on any atom is -0.484 e. The van der Waals surface area contributed by atoms with Crippen LogP contribution in [0.1, 0.15) is 16.7 Å². The molecule has 0 radical (unpaired) electrons. The van der Waals surface area contributed by atoms with Crippen LogP contribution in [0.4, 0.5) is 5.69 Å². The van der Waals surface area contributed by atoms with Gasteiger partial charge < -0.3 is 9.64 Å². The molecule has 0 aromatic heterocycles. The zero-order valence-corrected chi connectivity index (χ0v) is 22.8. The zero-order chi connectivity index (χ0) is 27.1. The molecule has 0 saturated heterocycles. The number of carbonyl (C=O) groups is 1. The molecule has 1 amide bonds. The van der Waals surface area contributed by atoms with Crippen molar-refractivity contribution in [3.05, 3.63) is 125 Å². The SMILES string of the molecule is Cc1ccc(S(=O)(=O)N(Cc2ccc(Cl)cc2)c2ccc(OCC(=O)N(C)Cc3ccccc3)cc2)cc1. The fraction of sp³-hybridized carbons (Fsp3) is 0.167. The van der Waals surface area contributed by atoms with E-state index in [4.69, 9.17) is 16.3 Å². The molecule has 0 aliphatic heterocycles. The molecule has 4 rings (SSSR count). The molecular formula is C30H29ClN2O4S. The lowest BCUT2D eigenvalue weighted by atomic mass is 10.2. The lowest BCUT2D eigenvalue weighted by molar-refractivity contribution is -0.132. The highest BCUT2D eigenvalue weighted by Gasteiger charge is 2.25. The van der Waals surface area contributed by atoms with Crippen LogP contribution in [0.2, 0.25) is 5.02 Å². The van der Waals surface area contributed by atoms with E-state index in [1.807, 2.05) is 37.3 Å². The predicted octanol–water partition coefficient (Wildman–Crippen LogP) is 6.08. The lowest BCUT2D eigenvalue weighted by Gasteiger charge is -2.25. The average Bonchev–Trinajstić information content (AvgIpc) is 2.92. The number of anilines is 1. The Balaban J connectivity index is 1.50. The second kappa shape index (κ2) is 12.2. The van der Waals surface area contributed by atoms with Gasteiger partial charge in [0.1, 0.15) is 5.75 Å². The molecule has 0 aliphatic carbocycles. The summed E-state index contributed by atoms with van der Waals surface area (Å²) in [6.45, 7) is 2.39. The molecule has 0 aliphatic rings. The highest BCUT2D eigenvalue weighted by molar-refractivity contribution is 7.92. The number of rotatable bonds is 10. The first-order chi connectivity index (χ1) is 18.2. The molecule has 0 heterocycles. The summed E-state index contributed by atoms with van der Waals surface area (Å²) < 4.78 is 34.4. The van der Waals surface area contributed by atoms with E-state index in [9.17, 15) is 13.2 Å². The Morgan fingerprint density at radius 3 is 2.03 bits per heavy atom. The van der Waals surface area contributed by atoms with Crippen LogP contribution in [0.25, 0.3) is 0 Å². The summed E-state index contributed by atoms with van der Waals surface area (Å²) in [7, 11) is -2.13. The Bertz CT molecular complexity index is 1460. The van der Waals surface area contributed by atoms with Gasteiger partial charge in [-0.15, -0.1) is 0 Å². The Hall–Kier alpha value is -3.81. The first-order valence-corrected chi connectivity index (χ1v) is 13.9. The summed E-state index contributed by atoms with van der Waals surface area (Å²) in [4.78, 5) is 14.3. The van der Waals surface area contributed by atoms with Gasteiger partial charge in [0.15, 0.2) is 6.61 Å². The van der Waals surface area contributed by atoms with Gasteiger partial charge >= 0.3 is 0 Å². The van der Waals surface area contributed by atoms with Gasteiger partial charge in [0.25, 0.3) is 15.9 Å². The summed E-state index contributed by atoms with van der Waals surface area (Å²) in [6.07, 6.45) is 0. The first-order valence-electron chi connectivity index (χ1n) is 12.1. The number of aryl methyl sites for hydroxylation is 1. The minimum atomic E-state index is -3.86. The highest BCUT2D eigenvalue weighted by Crippen LogP contribution is 2.28. The number of sulfonamides is 1. The molecule has 38 heavy (non-hydrogen) atoms. The Kier molecular flexibility index (Phi) is 8.71. The number of ether oxygens (including phenoxy) is 1. The molecule has 4 aromatic rings. The largest absolute Gasteiger partial charge is 0.484 e. The van der Waals surface area contributed by atoms with Crippen molar-refractivity contribution in [2.45, 2.75) is 24.9 Å². The van der Waals surface area contributed by atoms with E-state index in [1.54, 1.807) is 84.7 Å². The zero-order valence-electron chi connectivity index (χ0n) is 21.2.